The summed E-state index contributed by atoms with van der Waals surface area (Å²) in [7, 11) is 2.26. The van der Waals surface area contributed by atoms with Gasteiger partial charge >= 0.3 is 0 Å². The van der Waals surface area contributed by atoms with Gasteiger partial charge in [0.15, 0.2) is 5.11 Å². The zero-order valence-corrected chi connectivity index (χ0v) is 16.0. The molecule has 1 atom stereocenters. The van der Waals surface area contributed by atoms with Crippen molar-refractivity contribution in [2.24, 2.45) is 0 Å². The molecular weight excluding hydrogens is 302 g/mol. The summed E-state index contributed by atoms with van der Waals surface area (Å²) in [5.74, 6) is 0. The van der Waals surface area contributed by atoms with Crippen LogP contribution in [0, 0.1) is 13.8 Å². The second-order valence-electron chi connectivity index (χ2n) is 6.87. The molecule has 4 heteroatoms. The van der Waals surface area contributed by atoms with Crippen LogP contribution in [0.4, 0.5) is 5.69 Å². The molecule has 0 saturated carbocycles. The highest BCUT2D eigenvalue weighted by Crippen LogP contribution is 2.20. The van der Waals surface area contributed by atoms with Crippen LogP contribution in [0.15, 0.2) is 18.2 Å². The highest BCUT2D eigenvalue weighted by atomic mass is 32.1. The third kappa shape index (κ3) is 4.67. The number of nitrogens with zero attached hydrogens (tertiary/aromatic N) is 2. The lowest BCUT2D eigenvalue weighted by Crippen LogP contribution is -2.48. The number of anilines is 1. The number of aryl methyl sites for hydroxylation is 2. The van der Waals surface area contributed by atoms with Gasteiger partial charge in [0.25, 0.3) is 0 Å². The third-order valence-electron chi connectivity index (χ3n) is 5.37. The van der Waals surface area contributed by atoms with Gasteiger partial charge in [-0.05, 0) is 82.6 Å². The molecular formula is C19H31N3S. The Hall–Kier alpha value is -1.13. The number of nitrogens with one attached hydrogen (secondary N) is 1. The number of piperidine rings is 1. The van der Waals surface area contributed by atoms with E-state index in [1.54, 1.807) is 0 Å². The molecule has 1 aliphatic heterocycles. The van der Waals surface area contributed by atoms with E-state index in [-0.39, 0.29) is 0 Å². The van der Waals surface area contributed by atoms with Gasteiger partial charge in [-0.2, -0.15) is 0 Å². The summed E-state index contributed by atoms with van der Waals surface area (Å²) in [4.78, 5) is 4.85. The van der Waals surface area contributed by atoms with Crippen LogP contribution in [0.1, 0.15) is 44.2 Å². The Balaban J connectivity index is 1.87. The maximum absolute atomic E-state index is 5.61. The van der Waals surface area contributed by atoms with E-state index in [2.05, 4.69) is 68.1 Å². The topological polar surface area (TPSA) is 18.5 Å². The Kier molecular flexibility index (Phi) is 6.42. The number of likely N-dealkylation sites (tertiary alicyclic amines) is 1. The van der Waals surface area contributed by atoms with E-state index in [1.165, 1.54) is 30.4 Å². The number of thiocarbonyl (C=S) groups is 1. The summed E-state index contributed by atoms with van der Waals surface area (Å²) >= 11 is 5.61. The van der Waals surface area contributed by atoms with Crippen molar-refractivity contribution in [3.63, 3.8) is 0 Å². The summed E-state index contributed by atoms with van der Waals surface area (Å²) in [5.41, 5.74) is 3.71. The van der Waals surface area contributed by atoms with Gasteiger partial charge in [0.1, 0.15) is 0 Å². The molecule has 0 aliphatic carbocycles. The molecule has 2 rings (SSSR count). The molecule has 0 bridgehead atoms. The smallest absolute Gasteiger partial charge is 0.173 e. The fraction of sp³-hybridized carbons (Fsp3) is 0.632. The van der Waals surface area contributed by atoms with Crippen molar-refractivity contribution in [3.05, 3.63) is 29.3 Å². The SMILES string of the molecule is CC[C@H](C)N(C)C1CCN(C(=S)Nc2ccc(C)c(C)c2)CC1. The fourth-order valence-electron chi connectivity index (χ4n) is 3.15. The number of benzene rings is 1. The van der Waals surface area contributed by atoms with Crippen molar-refractivity contribution in [1.29, 1.82) is 0 Å². The first-order chi connectivity index (χ1) is 10.9. The molecule has 3 nitrogen and oxygen atoms in total. The normalized spacial score (nSPS) is 17.4. The molecule has 0 radical (unpaired) electrons. The lowest BCUT2D eigenvalue weighted by molar-refractivity contribution is 0.126. The van der Waals surface area contributed by atoms with Crippen LogP contribution < -0.4 is 5.32 Å². The van der Waals surface area contributed by atoms with E-state index in [0.29, 0.717) is 12.1 Å². The molecule has 1 fully saturated rings. The fourth-order valence-corrected chi connectivity index (χ4v) is 3.45. The quantitative estimate of drug-likeness (QED) is 0.832. The molecule has 0 aromatic heterocycles. The first kappa shape index (κ1) is 18.2. The maximum atomic E-state index is 5.61. The molecule has 0 amide bonds. The summed E-state index contributed by atoms with van der Waals surface area (Å²) in [6.07, 6.45) is 3.59. The van der Waals surface area contributed by atoms with E-state index >= 15 is 0 Å². The van der Waals surface area contributed by atoms with Crippen LogP contribution in [0.3, 0.4) is 0 Å². The Bertz CT molecular complexity index is 535. The Morgan fingerprint density at radius 3 is 2.52 bits per heavy atom. The van der Waals surface area contributed by atoms with Crippen LogP contribution in [-0.4, -0.2) is 47.1 Å². The summed E-state index contributed by atoms with van der Waals surface area (Å²) in [6.45, 7) is 10.9. The molecule has 0 spiro atoms. The molecule has 1 N–H and O–H groups in total. The molecule has 1 heterocycles. The highest BCUT2D eigenvalue weighted by molar-refractivity contribution is 7.80. The predicted octanol–water partition coefficient (Wildman–Crippen LogP) is 4.19. The van der Waals surface area contributed by atoms with Crippen molar-refractivity contribution in [2.75, 3.05) is 25.5 Å². The molecule has 0 unspecified atom stereocenters. The summed E-state index contributed by atoms with van der Waals surface area (Å²) < 4.78 is 0. The summed E-state index contributed by atoms with van der Waals surface area (Å²) in [6, 6.07) is 7.77. The molecule has 128 valence electrons. The molecule has 23 heavy (non-hydrogen) atoms. The van der Waals surface area contributed by atoms with E-state index in [4.69, 9.17) is 12.2 Å². The van der Waals surface area contributed by atoms with E-state index in [1.807, 2.05) is 0 Å². The minimum Gasteiger partial charge on any atom is -0.349 e. The Morgan fingerprint density at radius 2 is 1.96 bits per heavy atom. The van der Waals surface area contributed by atoms with Gasteiger partial charge in [-0.1, -0.05) is 13.0 Å². The van der Waals surface area contributed by atoms with Crippen molar-refractivity contribution in [1.82, 2.24) is 9.80 Å². The molecule has 1 aromatic rings. The van der Waals surface area contributed by atoms with Crippen molar-refractivity contribution in [3.8, 4) is 0 Å². The van der Waals surface area contributed by atoms with Crippen LogP contribution in [0.25, 0.3) is 0 Å². The van der Waals surface area contributed by atoms with E-state index in [0.717, 1.165) is 23.9 Å². The number of hydrogen-bond acceptors (Lipinski definition) is 2. The minimum atomic E-state index is 0.659. The Labute approximate surface area is 147 Å². The zero-order chi connectivity index (χ0) is 17.0. The van der Waals surface area contributed by atoms with Gasteiger partial charge in [-0.15, -0.1) is 0 Å². The standard InChI is InChI=1S/C19H31N3S/c1-6-16(4)21(5)18-9-11-22(12-10-18)19(23)20-17-8-7-14(2)15(3)13-17/h7-8,13,16,18H,6,9-12H2,1-5H3,(H,20,23)/t16-/m0/s1. The summed E-state index contributed by atoms with van der Waals surface area (Å²) in [5, 5.41) is 4.26. The zero-order valence-electron chi connectivity index (χ0n) is 15.2. The second kappa shape index (κ2) is 8.11. The second-order valence-corrected chi connectivity index (χ2v) is 7.26. The van der Waals surface area contributed by atoms with E-state index in [9.17, 15) is 0 Å². The average molecular weight is 334 g/mol. The van der Waals surface area contributed by atoms with Gasteiger partial charge in [-0.25, -0.2) is 0 Å². The molecule has 1 aromatic carbocycles. The lowest BCUT2D eigenvalue weighted by atomic mass is 10.0. The van der Waals surface area contributed by atoms with Crippen molar-refractivity contribution < 1.29 is 0 Å². The predicted molar refractivity (Wildman–Crippen MR) is 104 cm³/mol. The van der Waals surface area contributed by atoms with Crippen LogP contribution in [0.5, 0.6) is 0 Å². The first-order valence-electron chi connectivity index (χ1n) is 8.77. The molecule has 1 aliphatic rings. The number of hydrogen-bond donors (Lipinski definition) is 1. The van der Waals surface area contributed by atoms with Crippen molar-refractivity contribution in [2.45, 2.75) is 59.0 Å². The van der Waals surface area contributed by atoms with Gasteiger partial charge in [-0.3, -0.25) is 0 Å². The first-order valence-corrected chi connectivity index (χ1v) is 9.18. The van der Waals surface area contributed by atoms with Gasteiger partial charge < -0.3 is 15.1 Å². The number of rotatable bonds is 4. The molecule has 1 saturated heterocycles. The lowest BCUT2D eigenvalue weighted by Gasteiger charge is -2.40. The van der Waals surface area contributed by atoms with E-state index < -0.39 is 0 Å². The van der Waals surface area contributed by atoms with Crippen LogP contribution >= 0.6 is 12.2 Å². The maximum Gasteiger partial charge on any atom is 0.173 e. The highest BCUT2D eigenvalue weighted by Gasteiger charge is 2.25. The third-order valence-corrected chi connectivity index (χ3v) is 5.73. The Morgan fingerprint density at radius 1 is 1.30 bits per heavy atom. The monoisotopic (exact) mass is 333 g/mol. The largest absolute Gasteiger partial charge is 0.349 e. The van der Waals surface area contributed by atoms with Gasteiger partial charge in [0, 0.05) is 30.9 Å². The minimum absolute atomic E-state index is 0.659. The van der Waals surface area contributed by atoms with Crippen molar-refractivity contribution >= 4 is 23.0 Å². The van der Waals surface area contributed by atoms with Crippen LogP contribution in [0.2, 0.25) is 0 Å². The van der Waals surface area contributed by atoms with Crippen LogP contribution in [-0.2, 0) is 0 Å². The average Bonchev–Trinajstić information content (AvgIpc) is 2.57. The van der Waals surface area contributed by atoms with Gasteiger partial charge in [0.2, 0.25) is 0 Å². The van der Waals surface area contributed by atoms with Gasteiger partial charge in [0.05, 0.1) is 0 Å².